The highest BCUT2D eigenvalue weighted by molar-refractivity contribution is 5.83. The van der Waals surface area contributed by atoms with Crippen LogP contribution < -0.4 is 5.32 Å². The van der Waals surface area contributed by atoms with Crippen LogP contribution in [0, 0.1) is 24.7 Å². The van der Waals surface area contributed by atoms with Crippen molar-refractivity contribution in [2.45, 2.75) is 32.1 Å². The fourth-order valence-electron chi connectivity index (χ4n) is 4.49. The second kappa shape index (κ2) is 5.69. The van der Waals surface area contributed by atoms with Gasteiger partial charge in [0.25, 0.3) is 0 Å². The maximum Gasteiger partial charge on any atom is 0.226 e. The van der Waals surface area contributed by atoms with Crippen LogP contribution in [0.5, 0.6) is 0 Å². The van der Waals surface area contributed by atoms with E-state index in [2.05, 4.69) is 41.4 Å². The van der Waals surface area contributed by atoms with Crippen LogP contribution in [0.3, 0.4) is 0 Å². The molecule has 118 valence electrons. The van der Waals surface area contributed by atoms with Crippen LogP contribution in [0.15, 0.2) is 24.3 Å². The number of benzene rings is 1. The monoisotopic (exact) mass is 298 g/mol. The van der Waals surface area contributed by atoms with Gasteiger partial charge in [-0.2, -0.15) is 0 Å². The Hall–Kier alpha value is -1.35. The summed E-state index contributed by atoms with van der Waals surface area (Å²) in [5, 5.41) is 3.50. The molecule has 0 bridgehead atoms. The molecule has 1 N–H and O–H groups in total. The molecule has 4 rings (SSSR count). The fraction of sp³-hybridized carbons (Fsp3) is 0.632. The van der Waals surface area contributed by atoms with Crippen molar-refractivity contribution in [2.24, 2.45) is 17.8 Å². The highest BCUT2D eigenvalue weighted by atomic mass is 16.2. The normalized spacial score (nSPS) is 34.1. The predicted molar refractivity (Wildman–Crippen MR) is 87.7 cm³/mol. The van der Waals surface area contributed by atoms with E-state index in [-0.39, 0.29) is 5.92 Å². The van der Waals surface area contributed by atoms with Gasteiger partial charge in [-0.15, -0.1) is 0 Å². The summed E-state index contributed by atoms with van der Waals surface area (Å²) in [7, 11) is 0. The summed E-state index contributed by atoms with van der Waals surface area (Å²) >= 11 is 0. The molecule has 1 aromatic carbocycles. The van der Waals surface area contributed by atoms with Crippen molar-refractivity contribution >= 4 is 5.91 Å². The van der Waals surface area contributed by atoms with Gasteiger partial charge in [0.15, 0.2) is 0 Å². The van der Waals surface area contributed by atoms with Gasteiger partial charge in [-0.1, -0.05) is 24.3 Å². The summed E-state index contributed by atoms with van der Waals surface area (Å²) in [6.07, 6.45) is 3.42. The number of carbonyl (C=O) groups excluding carboxylic acids is 1. The minimum absolute atomic E-state index is 0.247. The molecule has 0 radical (unpaired) electrons. The smallest absolute Gasteiger partial charge is 0.226 e. The van der Waals surface area contributed by atoms with Crippen LogP contribution in [-0.4, -0.2) is 37.0 Å². The Morgan fingerprint density at radius 2 is 1.82 bits per heavy atom. The summed E-state index contributed by atoms with van der Waals surface area (Å²) in [6.45, 7) is 6.41. The van der Waals surface area contributed by atoms with Gasteiger partial charge in [0, 0.05) is 19.0 Å². The van der Waals surface area contributed by atoms with Gasteiger partial charge in [0.2, 0.25) is 5.91 Å². The predicted octanol–water partition coefficient (Wildman–Crippen LogP) is 2.56. The third-order valence-corrected chi connectivity index (χ3v) is 6.03. The lowest BCUT2D eigenvalue weighted by Gasteiger charge is -2.21. The Kier molecular flexibility index (Phi) is 3.69. The summed E-state index contributed by atoms with van der Waals surface area (Å²) < 4.78 is 0. The van der Waals surface area contributed by atoms with Crippen LogP contribution >= 0.6 is 0 Å². The number of rotatable bonds is 2. The van der Waals surface area contributed by atoms with E-state index in [0.717, 1.165) is 44.4 Å². The Labute approximate surface area is 133 Å². The van der Waals surface area contributed by atoms with Crippen molar-refractivity contribution < 1.29 is 4.79 Å². The van der Waals surface area contributed by atoms with Gasteiger partial charge in [0.05, 0.1) is 0 Å². The maximum atomic E-state index is 12.8. The number of amides is 1. The first-order chi connectivity index (χ1) is 10.7. The maximum absolute atomic E-state index is 12.8. The molecule has 2 unspecified atom stereocenters. The van der Waals surface area contributed by atoms with E-state index in [9.17, 15) is 4.79 Å². The molecule has 1 amide bonds. The minimum Gasteiger partial charge on any atom is -0.342 e. The molecule has 1 saturated carbocycles. The van der Waals surface area contributed by atoms with E-state index < -0.39 is 0 Å². The molecular weight excluding hydrogens is 272 g/mol. The summed E-state index contributed by atoms with van der Waals surface area (Å²) in [4.78, 5) is 15.0. The molecule has 1 aromatic rings. The second-order valence-electron chi connectivity index (χ2n) is 7.39. The molecule has 0 spiro atoms. The van der Waals surface area contributed by atoms with E-state index in [0.29, 0.717) is 11.8 Å². The van der Waals surface area contributed by atoms with Gasteiger partial charge in [-0.25, -0.2) is 0 Å². The Bertz CT molecular complexity index is 556. The standard InChI is InChI=1S/C19H26N2O/c1-13-4-2-3-5-16(13)17-10-18(17)19(22)21-8-6-14-11-20-12-15(14)7-9-21/h2-5,14-15,17-18,20H,6-12H2,1H3/t14-,15+,17?,18?. The van der Waals surface area contributed by atoms with E-state index in [1.807, 2.05) is 0 Å². The van der Waals surface area contributed by atoms with Crippen LogP contribution in [0.2, 0.25) is 0 Å². The average molecular weight is 298 g/mol. The number of hydrogen-bond acceptors (Lipinski definition) is 2. The number of aryl methyl sites for hydroxylation is 1. The Morgan fingerprint density at radius 1 is 1.14 bits per heavy atom. The van der Waals surface area contributed by atoms with Gasteiger partial charge in [-0.3, -0.25) is 4.79 Å². The average Bonchev–Trinajstić information content (AvgIpc) is 3.24. The number of likely N-dealkylation sites (tertiary alicyclic amines) is 1. The first-order valence-corrected chi connectivity index (χ1v) is 8.79. The zero-order valence-electron chi connectivity index (χ0n) is 13.4. The largest absolute Gasteiger partial charge is 0.342 e. The molecular formula is C19H26N2O. The minimum atomic E-state index is 0.247. The molecule has 4 atom stereocenters. The number of fused-ring (bicyclic) bond motifs is 1. The van der Waals surface area contributed by atoms with Crippen molar-refractivity contribution in [3.05, 3.63) is 35.4 Å². The summed E-state index contributed by atoms with van der Waals surface area (Å²) in [5.74, 6) is 2.73. The number of hydrogen-bond donors (Lipinski definition) is 1. The molecule has 3 fully saturated rings. The van der Waals surface area contributed by atoms with Crippen LogP contribution in [0.1, 0.15) is 36.3 Å². The Morgan fingerprint density at radius 3 is 2.50 bits per heavy atom. The summed E-state index contributed by atoms with van der Waals surface area (Å²) in [6, 6.07) is 8.54. The van der Waals surface area contributed by atoms with E-state index in [1.54, 1.807) is 0 Å². The SMILES string of the molecule is Cc1ccccc1C1CC1C(=O)N1CC[C@@H]2CNC[C@@H]2CC1. The van der Waals surface area contributed by atoms with Crippen molar-refractivity contribution in [3.8, 4) is 0 Å². The molecule has 22 heavy (non-hydrogen) atoms. The van der Waals surface area contributed by atoms with Crippen molar-refractivity contribution in [1.29, 1.82) is 0 Å². The molecule has 1 aliphatic carbocycles. The van der Waals surface area contributed by atoms with Crippen molar-refractivity contribution in [1.82, 2.24) is 10.2 Å². The lowest BCUT2D eigenvalue weighted by molar-refractivity contribution is -0.132. The van der Waals surface area contributed by atoms with Gasteiger partial charge in [0.1, 0.15) is 0 Å². The number of carbonyl (C=O) groups is 1. The fourth-order valence-corrected chi connectivity index (χ4v) is 4.49. The quantitative estimate of drug-likeness (QED) is 0.910. The second-order valence-corrected chi connectivity index (χ2v) is 7.39. The molecule has 2 saturated heterocycles. The topological polar surface area (TPSA) is 32.3 Å². The molecule has 3 aliphatic rings. The van der Waals surface area contributed by atoms with Crippen LogP contribution in [0.4, 0.5) is 0 Å². The molecule has 3 nitrogen and oxygen atoms in total. The van der Waals surface area contributed by atoms with Gasteiger partial charge in [-0.05, 0) is 68.2 Å². The van der Waals surface area contributed by atoms with E-state index in [1.165, 1.54) is 24.0 Å². The van der Waals surface area contributed by atoms with Crippen molar-refractivity contribution in [3.63, 3.8) is 0 Å². The van der Waals surface area contributed by atoms with E-state index >= 15 is 0 Å². The van der Waals surface area contributed by atoms with Crippen molar-refractivity contribution in [2.75, 3.05) is 26.2 Å². The van der Waals surface area contributed by atoms with E-state index in [4.69, 9.17) is 0 Å². The van der Waals surface area contributed by atoms with Crippen LogP contribution in [0.25, 0.3) is 0 Å². The third-order valence-electron chi connectivity index (χ3n) is 6.03. The summed E-state index contributed by atoms with van der Waals surface area (Å²) in [5.41, 5.74) is 2.72. The molecule has 2 aliphatic heterocycles. The molecule has 3 heteroatoms. The van der Waals surface area contributed by atoms with Gasteiger partial charge < -0.3 is 10.2 Å². The highest BCUT2D eigenvalue weighted by Gasteiger charge is 2.46. The number of nitrogens with zero attached hydrogens (tertiary/aromatic N) is 1. The zero-order chi connectivity index (χ0) is 15.1. The van der Waals surface area contributed by atoms with Gasteiger partial charge >= 0.3 is 0 Å². The first-order valence-electron chi connectivity index (χ1n) is 8.79. The number of nitrogens with one attached hydrogen (secondary N) is 1. The third kappa shape index (κ3) is 2.56. The molecule has 2 heterocycles. The van der Waals surface area contributed by atoms with Crippen LogP contribution in [-0.2, 0) is 4.79 Å². The lowest BCUT2D eigenvalue weighted by atomic mass is 9.92. The first kappa shape index (κ1) is 14.3. The highest BCUT2D eigenvalue weighted by Crippen LogP contribution is 2.49. The Balaban J connectivity index is 1.40. The zero-order valence-corrected chi connectivity index (χ0v) is 13.4. The molecule has 0 aromatic heterocycles. The lowest BCUT2D eigenvalue weighted by Crippen LogP contribution is -2.34.